The Morgan fingerprint density at radius 2 is 2.00 bits per heavy atom. The van der Waals surface area contributed by atoms with Gasteiger partial charge >= 0.3 is 0 Å². The molecule has 98 valence electrons. The highest BCUT2D eigenvalue weighted by atomic mass is 32.1. The van der Waals surface area contributed by atoms with Gasteiger partial charge in [-0.3, -0.25) is 9.78 Å². The van der Waals surface area contributed by atoms with E-state index in [1.807, 2.05) is 25.1 Å². The lowest BCUT2D eigenvalue weighted by atomic mass is 10.2. The number of amides is 1. The number of pyridine rings is 1. The molecule has 0 aliphatic heterocycles. The second kappa shape index (κ2) is 5.75. The van der Waals surface area contributed by atoms with Crippen molar-refractivity contribution in [3.05, 3.63) is 47.8 Å². The Bertz CT molecular complexity index is 614. The zero-order valence-electron chi connectivity index (χ0n) is 10.7. The Morgan fingerprint density at radius 1 is 1.26 bits per heavy atom. The van der Waals surface area contributed by atoms with Gasteiger partial charge in [-0.25, -0.2) is 0 Å². The molecule has 0 unspecified atom stereocenters. The third-order valence-electron chi connectivity index (χ3n) is 2.61. The van der Waals surface area contributed by atoms with E-state index < -0.39 is 0 Å². The fourth-order valence-corrected chi connectivity index (χ4v) is 1.72. The SMILES string of the molecule is CNC(=O)c1cc(Oc2ccc(C)c(S)c2)ccn1. The predicted molar refractivity (Wildman–Crippen MR) is 76.1 cm³/mol. The molecule has 1 N–H and O–H groups in total. The average molecular weight is 274 g/mol. The number of hydrogen-bond acceptors (Lipinski definition) is 4. The van der Waals surface area contributed by atoms with Gasteiger partial charge in [0, 0.05) is 24.2 Å². The Morgan fingerprint density at radius 3 is 2.68 bits per heavy atom. The molecule has 1 aromatic heterocycles. The molecule has 0 aliphatic carbocycles. The van der Waals surface area contributed by atoms with E-state index in [9.17, 15) is 4.79 Å². The van der Waals surface area contributed by atoms with E-state index in [4.69, 9.17) is 4.74 Å². The van der Waals surface area contributed by atoms with Crippen molar-refractivity contribution in [1.29, 1.82) is 0 Å². The van der Waals surface area contributed by atoms with E-state index in [1.165, 1.54) is 6.20 Å². The van der Waals surface area contributed by atoms with Crippen molar-refractivity contribution in [2.45, 2.75) is 11.8 Å². The fraction of sp³-hybridized carbons (Fsp3) is 0.143. The van der Waals surface area contributed by atoms with Gasteiger partial charge < -0.3 is 10.1 Å². The van der Waals surface area contributed by atoms with Crippen LogP contribution in [0.15, 0.2) is 41.4 Å². The summed E-state index contributed by atoms with van der Waals surface area (Å²) < 4.78 is 5.68. The van der Waals surface area contributed by atoms with Crippen LogP contribution in [0.5, 0.6) is 11.5 Å². The van der Waals surface area contributed by atoms with Crippen molar-refractivity contribution in [1.82, 2.24) is 10.3 Å². The predicted octanol–water partition coefficient (Wildman–Crippen LogP) is 2.83. The van der Waals surface area contributed by atoms with Crippen molar-refractivity contribution >= 4 is 18.5 Å². The number of carbonyl (C=O) groups excluding carboxylic acids is 1. The van der Waals surface area contributed by atoms with Crippen LogP contribution >= 0.6 is 12.6 Å². The van der Waals surface area contributed by atoms with Gasteiger partial charge in [0.25, 0.3) is 5.91 Å². The zero-order valence-corrected chi connectivity index (χ0v) is 11.6. The number of nitrogens with zero attached hydrogens (tertiary/aromatic N) is 1. The monoisotopic (exact) mass is 274 g/mol. The Balaban J connectivity index is 2.23. The lowest BCUT2D eigenvalue weighted by Gasteiger charge is -2.08. The highest BCUT2D eigenvalue weighted by Crippen LogP contribution is 2.25. The standard InChI is InChI=1S/C14H14N2O2S/c1-9-3-4-10(8-13(9)19)18-11-5-6-16-12(7-11)14(17)15-2/h3-8,19H,1-2H3,(H,15,17). The summed E-state index contributed by atoms with van der Waals surface area (Å²) in [5.41, 5.74) is 1.40. The number of carbonyl (C=O) groups is 1. The van der Waals surface area contributed by atoms with Crippen LogP contribution in [0.3, 0.4) is 0 Å². The molecule has 1 aromatic carbocycles. The summed E-state index contributed by atoms with van der Waals surface area (Å²) in [6, 6.07) is 8.91. The van der Waals surface area contributed by atoms with E-state index in [0.29, 0.717) is 17.2 Å². The van der Waals surface area contributed by atoms with Gasteiger partial charge in [-0.15, -0.1) is 12.6 Å². The molecular formula is C14H14N2O2S. The molecule has 1 heterocycles. The van der Waals surface area contributed by atoms with E-state index in [0.717, 1.165) is 10.5 Å². The minimum atomic E-state index is -0.246. The quantitative estimate of drug-likeness (QED) is 0.846. The molecule has 1 amide bonds. The zero-order chi connectivity index (χ0) is 13.8. The second-order valence-corrected chi connectivity index (χ2v) is 4.49. The largest absolute Gasteiger partial charge is 0.457 e. The summed E-state index contributed by atoms with van der Waals surface area (Å²) in [7, 11) is 1.56. The van der Waals surface area contributed by atoms with Crippen LogP contribution in [0.25, 0.3) is 0 Å². The summed E-state index contributed by atoms with van der Waals surface area (Å²) in [4.78, 5) is 16.3. The van der Waals surface area contributed by atoms with Crippen LogP contribution in [-0.4, -0.2) is 17.9 Å². The fourth-order valence-electron chi connectivity index (χ4n) is 1.52. The van der Waals surface area contributed by atoms with Crippen LogP contribution in [-0.2, 0) is 0 Å². The molecule has 2 aromatic rings. The topological polar surface area (TPSA) is 51.2 Å². The number of nitrogens with one attached hydrogen (secondary N) is 1. The van der Waals surface area contributed by atoms with E-state index in [1.54, 1.807) is 19.2 Å². The first kappa shape index (κ1) is 13.4. The minimum Gasteiger partial charge on any atom is -0.457 e. The molecule has 0 atom stereocenters. The molecule has 5 heteroatoms. The first-order valence-electron chi connectivity index (χ1n) is 5.76. The molecule has 0 spiro atoms. The maximum Gasteiger partial charge on any atom is 0.269 e. The van der Waals surface area contributed by atoms with Crippen LogP contribution in [0.1, 0.15) is 16.1 Å². The molecular weight excluding hydrogens is 260 g/mol. The molecule has 0 saturated heterocycles. The van der Waals surface area contributed by atoms with Crippen LogP contribution in [0.2, 0.25) is 0 Å². The van der Waals surface area contributed by atoms with Crippen molar-refractivity contribution in [3.8, 4) is 11.5 Å². The van der Waals surface area contributed by atoms with Crippen molar-refractivity contribution in [2.24, 2.45) is 0 Å². The van der Waals surface area contributed by atoms with E-state index in [-0.39, 0.29) is 5.91 Å². The molecule has 2 rings (SSSR count). The van der Waals surface area contributed by atoms with E-state index >= 15 is 0 Å². The van der Waals surface area contributed by atoms with Gasteiger partial charge in [0.2, 0.25) is 0 Å². The smallest absolute Gasteiger partial charge is 0.269 e. The molecule has 0 aliphatic rings. The van der Waals surface area contributed by atoms with Crippen LogP contribution in [0, 0.1) is 6.92 Å². The van der Waals surface area contributed by atoms with Gasteiger partial charge in [-0.05, 0) is 30.7 Å². The molecule has 0 bridgehead atoms. The van der Waals surface area contributed by atoms with Gasteiger partial charge in [0.15, 0.2) is 0 Å². The molecule has 0 fully saturated rings. The number of thiol groups is 1. The number of aromatic nitrogens is 1. The number of aryl methyl sites for hydroxylation is 1. The first-order chi connectivity index (χ1) is 9.10. The molecule has 0 saturated carbocycles. The maximum atomic E-state index is 11.5. The highest BCUT2D eigenvalue weighted by molar-refractivity contribution is 7.80. The van der Waals surface area contributed by atoms with Gasteiger partial charge in [-0.1, -0.05) is 6.07 Å². The molecule has 19 heavy (non-hydrogen) atoms. The summed E-state index contributed by atoms with van der Waals surface area (Å²) in [6.07, 6.45) is 1.54. The van der Waals surface area contributed by atoms with Crippen LogP contribution in [0.4, 0.5) is 0 Å². The normalized spacial score (nSPS) is 10.1. The average Bonchev–Trinajstić information content (AvgIpc) is 2.42. The summed E-state index contributed by atoms with van der Waals surface area (Å²) in [5, 5.41) is 2.52. The lowest BCUT2D eigenvalue weighted by Crippen LogP contribution is -2.18. The van der Waals surface area contributed by atoms with E-state index in [2.05, 4.69) is 22.9 Å². The van der Waals surface area contributed by atoms with Crippen molar-refractivity contribution < 1.29 is 9.53 Å². The lowest BCUT2D eigenvalue weighted by molar-refractivity contribution is 0.0958. The van der Waals surface area contributed by atoms with Gasteiger partial charge in [0.1, 0.15) is 17.2 Å². The highest BCUT2D eigenvalue weighted by Gasteiger charge is 2.07. The Kier molecular flexibility index (Phi) is 4.06. The third kappa shape index (κ3) is 3.26. The second-order valence-electron chi connectivity index (χ2n) is 4.01. The minimum absolute atomic E-state index is 0.246. The summed E-state index contributed by atoms with van der Waals surface area (Å²) in [5.74, 6) is 0.985. The number of rotatable bonds is 3. The van der Waals surface area contributed by atoms with Crippen LogP contribution < -0.4 is 10.1 Å². The maximum absolute atomic E-state index is 11.5. The number of ether oxygens (including phenoxy) is 1. The molecule has 4 nitrogen and oxygen atoms in total. The Labute approximate surface area is 117 Å². The molecule has 0 radical (unpaired) electrons. The number of benzene rings is 1. The Hall–Kier alpha value is -2.01. The summed E-state index contributed by atoms with van der Waals surface area (Å²) in [6.45, 7) is 1.97. The van der Waals surface area contributed by atoms with Gasteiger partial charge in [-0.2, -0.15) is 0 Å². The third-order valence-corrected chi connectivity index (χ3v) is 3.09. The number of hydrogen-bond donors (Lipinski definition) is 2. The summed E-state index contributed by atoms with van der Waals surface area (Å²) >= 11 is 4.35. The van der Waals surface area contributed by atoms with Crippen molar-refractivity contribution in [3.63, 3.8) is 0 Å². The first-order valence-corrected chi connectivity index (χ1v) is 6.20. The van der Waals surface area contributed by atoms with Gasteiger partial charge in [0.05, 0.1) is 0 Å². The van der Waals surface area contributed by atoms with Crippen molar-refractivity contribution in [2.75, 3.05) is 7.05 Å².